The van der Waals surface area contributed by atoms with Gasteiger partial charge >= 0.3 is 12.1 Å². The molecule has 0 unspecified atom stereocenters. The van der Waals surface area contributed by atoms with Crippen molar-refractivity contribution in [1.82, 2.24) is 4.90 Å². The monoisotopic (exact) mass is 288 g/mol. The van der Waals surface area contributed by atoms with E-state index in [2.05, 4.69) is 0 Å². The molecule has 7 nitrogen and oxygen atoms in total. The van der Waals surface area contributed by atoms with Crippen LogP contribution >= 0.6 is 0 Å². The van der Waals surface area contributed by atoms with E-state index in [4.69, 9.17) is 19.9 Å². The molecule has 0 saturated carbocycles. The Morgan fingerprint density at radius 2 is 2.00 bits per heavy atom. The molecule has 1 saturated heterocycles. The van der Waals surface area contributed by atoms with E-state index >= 15 is 0 Å². The Bertz CT molecular complexity index is 353. The number of ether oxygens (including phenoxy) is 3. The summed E-state index contributed by atoms with van der Waals surface area (Å²) >= 11 is 0. The van der Waals surface area contributed by atoms with Crippen LogP contribution in [0.15, 0.2) is 0 Å². The fourth-order valence-electron chi connectivity index (χ4n) is 2.03. The molecule has 1 heterocycles. The van der Waals surface area contributed by atoms with Crippen LogP contribution < -0.4 is 5.73 Å². The minimum Gasteiger partial charge on any atom is -0.467 e. The summed E-state index contributed by atoms with van der Waals surface area (Å²) in [5.41, 5.74) is 4.77. The third-order valence-electron chi connectivity index (χ3n) is 2.84. The maximum atomic E-state index is 12.1. The average Bonchev–Trinajstić information content (AvgIpc) is 2.77. The van der Waals surface area contributed by atoms with Crippen molar-refractivity contribution in [3.05, 3.63) is 0 Å². The molecule has 116 valence electrons. The Morgan fingerprint density at radius 1 is 1.35 bits per heavy atom. The lowest BCUT2D eigenvalue weighted by atomic mass is 10.2. The van der Waals surface area contributed by atoms with E-state index in [1.54, 1.807) is 20.8 Å². The van der Waals surface area contributed by atoms with Crippen molar-refractivity contribution in [2.75, 3.05) is 26.8 Å². The molecule has 7 heteroatoms. The minimum absolute atomic E-state index is 0.227. The molecule has 0 aromatic rings. The molecule has 0 bridgehead atoms. The third kappa shape index (κ3) is 4.64. The molecule has 0 aromatic heterocycles. The van der Waals surface area contributed by atoms with Gasteiger partial charge in [0.25, 0.3) is 0 Å². The molecule has 20 heavy (non-hydrogen) atoms. The molecule has 2 atom stereocenters. The van der Waals surface area contributed by atoms with Crippen LogP contribution in [-0.4, -0.2) is 61.5 Å². The first kappa shape index (κ1) is 16.7. The van der Waals surface area contributed by atoms with Crippen LogP contribution in [0.25, 0.3) is 0 Å². The third-order valence-corrected chi connectivity index (χ3v) is 2.84. The maximum absolute atomic E-state index is 12.1. The normalized spacial score (nSPS) is 22.8. The van der Waals surface area contributed by atoms with E-state index < -0.39 is 23.7 Å². The first-order valence-corrected chi connectivity index (χ1v) is 6.67. The van der Waals surface area contributed by atoms with E-state index in [9.17, 15) is 9.59 Å². The Morgan fingerprint density at radius 3 is 2.50 bits per heavy atom. The van der Waals surface area contributed by atoms with Crippen molar-refractivity contribution in [2.45, 2.75) is 44.9 Å². The highest BCUT2D eigenvalue weighted by Crippen LogP contribution is 2.24. The largest absolute Gasteiger partial charge is 0.467 e. The zero-order chi connectivity index (χ0) is 15.3. The molecule has 1 aliphatic heterocycles. The van der Waals surface area contributed by atoms with Gasteiger partial charge in [-0.2, -0.15) is 0 Å². The van der Waals surface area contributed by atoms with E-state index in [0.717, 1.165) is 0 Å². The van der Waals surface area contributed by atoms with E-state index in [0.29, 0.717) is 26.1 Å². The smallest absolute Gasteiger partial charge is 0.411 e. The van der Waals surface area contributed by atoms with E-state index in [1.807, 2.05) is 0 Å². The Labute approximate surface area is 119 Å². The molecular formula is C13H24N2O5. The van der Waals surface area contributed by atoms with Gasteiger partial charge in [0.2, 0.25) is 0 Å². The van der Waals surface area contributed by atoms with Crippen molar-refractivity contribution in [3.8, 4) is 0 Å². The molecule has 0 aliphatic carbocycles. The quantitative estimate of drug-likeness (QED) is 0.758. The molecule has 1 fully saturated rings. The maximum Gasteiger partial charge on any atom is 0.411 e. The number of amides is 1. The number of likely N-dealkylation sites (tertiary alicyclic amines) is 1. The van der Waals surface area contributed by atoms with Gasteiger partial charge in [-0.05, 0) is 20.8 Å². The molecule has 0 spiro atoms. The van der Waals surface area contributed by atoms with Gasteiger partial charge in [0.1, 0.15) is 11.6 Å². The number of hydrogen-bond acceptors (Lipinski definition) is 6. The summed E-state index contributed by atoms with van der Waals surface area (Å²) in [4.78, 5) is 25.2. The first-order chi connectivity index (χ1) is 9.28. The second kappa shape index (κ2) is 6.90. The minimum atomic E-state index is -0.669. The number of esters is 1. The standard InChI is InChI=1S/C13H24N2O5/c1-13(2,3)20-12(17)15-8-9(19-6-5-14)7-10(15)11(16)18-4/h9-10H,5-8,14H2,1-4H3/t9-,10+/m1/s1. The van der Waals surface area contributed by atoms with Crippen molar-refractivity contribution in [1.29, 1.82) is 0 Å². The van der Waals surface area contributed by atoms with Crippen molar-refractivity contribution in [3.63, 3.8) is 0 Å². The number of nitrogens with two attached hydrogens (primary N) is 1. The zero-order valence-corrected chi connectivity index (χ0v) is 12.5. The Hall–Kier alpha value is -1.34. The SMILES string of the molecule is COC(=O)[C@@H]1C[C@@H](OCCN)CN1C(=O)OC(C)(C)C. The number of hydrogen-bond donors (Lipinski definition) is 1. The predicted octanol–water partition coefficient (Wildman–Crippen LogP) is 0.513. The van der Waals surface area contributed by atoms with Gasteiger partial charge in [0.15, 0.2) is 0 Å². The van der Waals surface area contributed by atoms with Crippen LogP contribution in [0.2, 0.25) is 0 Å². The topological polar surface area (TPSA) is 91.1 Å². The number of nitrogens with zero attached hydrogens (tertiary/aromatic N) is 1. The van der Waals surface area contributed by atoms with Gasteiger partial charge in [-0.3, -0.25) is 4.90 Å². The molecular weight excluding hydrogens is 264 g/mol. The lowest BCUT2D eigenvalue weighted by molar-refractivity contribution is -0.145. The molecule has 0 aromatic carbocycles. The predicted molar refractivity (Wildman–Crippen MR) is 72.2 cm³/mol. The van der Waals surface area contributed by atoms with Crippen LogP contribution in [0, 0.1) is 0 Å². The van der Waals surface area contributed by atoms with Crippen LogP contribution in [0.5, 0.6) is 0 Å². The number of methoxy groups -OCH3 is 1. The van der Waals surface area contributed by atoms with Crippen LogP contribution in [0.4, 0.5) is 4.79 Å². The summed E-state index contributed by atoms with van der Waals surface area (Å²) in [7, 11) is 1.30. The van der Waals surface area contributed by atoms with Gasteiger partial charge in [-0.25, -0.2) is 9.59 Å². The summed E-state index contributed by atoms with van der Waals surface area (Å²) in [5, 5.41) is 0. The Kier molecular flexibility index (Phi) is 5.76. The zero-order valence-electron chi connectivity index (χ0n) is 12.5. The molecule has 1 amide bonds. The highest BCUT2D eigenvalue weighted by molar-refractivity contribution is 5.82. The molecule has 2 N–H and O–H groups in total. The van der Waals surface area contributed by atoms with Crippen molar-refractivity contribution in [2.24, 2.45) is 5.73 Å². The van der Waals surface area contributed by atoms with Crippen LogP contribution in [-0.2, 0) is 19.0 Å². The lowest BCUT2D eigenvalue weighted by Gasteiger charge is -2.27. The van der Waals surface area contributed by atoms with Gasteiger partial charge in [0.05, 0.1) is 26.4 Å². The summed E-state index contributed by atoms with van der Waals surface area (Å²) in [5.74, 6) is -0.463. The van der Waals surface area contributed by atoms with Gasteiger partial charge in [-0.15, -0.1) is 0 Å². The van der Waals surface area contributed by atoms with E-state index in [1.165, 1.54) is 12.0 Å². The second-order valence-corrected chi connectivity index (χ2v) is 5.69. The highest BCUT2D eigenvalue weighted by Gasteiger charge is 2.42. The van der Waals surface area contributed by atoms with Crippen molar-refractivity contribution >= 4 is 12.1 Å². The Balaban J connectivity index is 2.73. The van der Waals surface area contributed by atoms with Gasteiger partial charge < -0.3 is 19.9 Å². The molecule has 1 aliphatic rings. The summed E-state index contributed by atoms with van der Waals surface area (Å²) in [6.45, 7) is 6.41. The lowest BCUT2D eigenvalue weighted by Crippen LogP contribution is -2.44. The number of rotatable bonds is 4. The highest BCUT2D eigenvalue weighted by atomic mass is 16.6. The summed E-state index contributed by atoms with van der Waals surface area (Å²) in [6, 6.07) is -0.669. The fraction of sp³-hybridized carbons (Fsp3) is 0.846. The summed E-state index contributed by atoms with van der Waals surface area (Å²) < 4.78 is 15.5. The first-order valence-electron chi connectivity index (χ1n) is 6.67. The molecule has 0 radical (unpaired) electrons. The van der Waals surface area contributed by atoms with Crippen LogP contribution in [0.3, 0.4) is 0 Å². The average molecular weight is 288 g/mol. The molecule has 1 rings (SSSR count). The van der Waals surface area contributed by atoms with Crippen molar-refractivity contribution < 1.29 is 23.8 Å². The van der Waals surface area contributed by atoms with E-state index in [-0.39, 0.29) is 6.10 Å². The van der Waals surface area contributed by atoms with Gasteiger partial charge in [0, 0.05) is 13.0 Å². The second-order valence-electron chi connectivity index (χ2n) is 5.69. The fourth-order valence-corrected chi connectivity index (χ4v) is 2.03. The number of carbonyl (C=O) groups is 2. The summed E-state index contributed by atoms with van der Waals surface area (Å²) in [6.07, 6.45) is -0.367. The van der Waals surface area contributed by atoms with Crippen LogP contribution in [0.1, 0.15) is 27.2 Å². The number of carbonyl (C=O) groups excluding carboxylic acids is 2. The van der Waals surface area contributed by atoms with Gasteiger partial charge in [-0.1, -0.05) is 0 Å².